The number of aryl methyl sites for hydroxylation is 1. The van der Waals surface area contributed by atoms with Gasteiger partial charge in [-0.2, -0.15) is 5.10 Å². The van der Waals surface area contributed by atoms with Gasteiger partial charge >= 0.3 is 0 Å². The first kappa shape index (κ1) is 20.4. The molecule has 3 aromatic rings. The van der Waals surface area contributed by atoms with E-state index in [1.807, 2.05) is 39.3 Å². The molecule has 4 rings (SSSR count). The fourth-order valence-corrected chi connectivity index (χ4v) is 3.94. The highest BCUT2D eigenvalue weighted by molar-refractivity contribution is 7.71. The fraction of sp³-hybridized carbons (Fsp3) is 0.318. The molecule has 6 nitrogen and oxygen atoms in total. The normalized spacial score (nSPS) is 14.8. The van der Waals surface area contributed by atoms with Crippen LogP contribution in [0.15, 0.2) is 54.6 Å². The lowest BCUT2D eigenvalue weighted by atomic mass is 10.2. The number of piperazine rings is 1. The molecule has 1 aliphatic rings. The van der Waals surface area contributed by atoms with Crippen molar-refractivity contribution < 1.29 is 9.18 Å². The van der Waals surface area contributed by atoms with E-state index in [9.17, 15) is 9.18 Å². The predicted molar refractivity (Wildman–Crippen MR) is 115 cm³/mol. The first-order valence-corrected chi connectivity index (χ1v) is 10.4. The Balaban J connectivity index is 1.37. The molecule has 0 aliphatic carbocycles. The van der Waals surface area contributed by atoms with Crippen LogP contribution in [-0.4, -0.2) is 56.2 Å². The van der Waals surface area contributed by atoms with Crippen molar-refractivity contribution in [2.45, 2.75) is 20.1 Å². The van der Waals surface area contributed by atoms with Crippen LogP contribution in [-0.2, 0) is 13.2 Å². The Morgan fingerprint density at radius 3 is 2.37 bits per heavy atom. The molecule has 30 heavy (non-hydrogen) atoms. The summed E-state index contributed by atoms with van der Waals surface area (Å²) >= 11 is 5.66. The van der Waals surface area contributed by atoms with Gasteiger partial charge in [-0.3, -0.25) is 14.3 Å². The summed E-state index contributed by atoms with van der Waals surface area (Å²) in [6.07, 6.45) is 0. The molecule has 156 valence electrons. The molecule has 8 heteroatoms. The van der Waals surface area contributed by atoms with Gasteiger partial charge in [-0.1, -0.05) is 30.3 Å². The van der Waals surface area contributed by atoms with Crippen LogP contribution in [0.25, 0.3) is 0 Å². The Hall–Kier alpha value is -2.84. The van der Waals surface area contributed by atoms with Crippen molar-refractivity contribution in [3.8, 4) is 0 Å². The lowest BCUT2D eigenvalue weighted by Crippen LogP contribution is -2.49. The van der Waals surface area contributed by atoms with E-state index in [1.165, 1.54) is 29.8 Å². The van der Waals surface area contributed by atoms with Crippen LogP contribution in [0.3, 0.4) is 0 Å². The number of hydrogen-bond donors (Lipinski definition) is 0. The van der Waals surface area contributed by atoms with Gasteiger partial charge in [0.15, 0.2) is 4.77 Å². The number of aromatic nitrogens is 3. The Bertz CT molecular complexity index is 1070. The van der Waals surface area contributed by atoms with Crippen LogP contribution in [0.5, 0.6) is 0 Å². The second-order valence-electron chi connectivity index (χ2n) is 7.46. The molecular formula is C22H24FN5OS. The first-order valence-electron chi connectivity index (χ1n) is 9.96. The predicted octanol–water partition coefficient (Wildman–Crippen LogP) is 3.33. The minimum Gasteiger partial charge on any atom is -0.336 e. The Morgan fingerprint density at radius 1 is 1.03 bits per heavy atom. The van der Waals surface area contributed by atoms with E-state index in [1.54, 1.807) is 0 Å². The maximum Gasteiger partial charge on any atom is 0.253 e. The highest BCUT2D eigenvalue weighted by atomic mass is 32.1. The van der Waals surface area contributed by atoms with Crippen molar-refractivity contribution in [1.29, 1.82) is 0 Å². The largest absolute Gasteiger partial charge is 0.336 e. The van der Waals surface area contributed by atoms with Crippen molar-refractivity contribution in [2.24, 2.45) is 0 Å². The number of amides is 1. The number of hydrogen-bond acceptors (Lipinski definition) is 4. The summed E-state index contributed by atoms with van der Waals surface area (Å²) in [5.41, 5.74) is 1.70. The molecule has 1 aliphatic heterocycles. The van der Waals surface area contributed by atoms with E-state index in [0.717, 1.165) is 18.9 Å². The van der Waals surface area contributed by atoms with E-state index in [4.69, 9.17) is 12.2 Å². The molecule has 0 saturated carbocycles. The van der Waals surface area contributed by atoms with Crippen LogP contribution in [0.2, 0.25) is 0 Å². The third-order valence-corrected chi connectivity index (χ3v) is 5.81. The molecule has 0 N–H and O–H groups in total. The summed E-state index contributed by atoms with van der Waals surface area (Å²) in [7, 11) is 0. The van der Waals surface area contributed by atoms with Crippen LogP contribution in [0.4, 0.5) is 4.39 Å². The van der Waals surface area contributed by atoms with Crippen LogP contribution < -0.4 is 0 Å². The van der Waals surface area contributed by atoms with E-state index in [0.29, 0.717) is 36.6 Å². The molecule has 1 aromatic heterocycles. The average molecular weight is 426 g/mol. The fourth-order valence-electron chi connectivity index (χ4n) is 3.65. The van der Waals surface area contributed by atoms with Crippen LogP contribution in [0.1, 0.15) is 21.7 Å². The van der Waals surface area contributed by atoms with Gasteiger partial charge in [-0.05, 0) is 49.0 Å². The molecular weight excluding hydrogens is 401 g/mol. The third-order valence-electron chi connectivity index (χ3n) is 5.38. The Kier molecular flexibility index (Phi) is 6.06. The quantitative estimate of drug-likeness (QED) is 0.589. The molecule has 0 unspecified atom stereocenters. The first-order chi connectivity index (χ1) is 14.5. The molecule has 1 fully saturated rings. The van der Waals surface area contributed by atoms with Crippen molar-refractivity contribution in [2.75, 3.05) is 26.2 Å². The van der Waals surface area contributed by atoms with Crippen molar-refractivity contribution in [3.05, 3.63) is 82.1 Å². The van der Waals surface area contributed by atoms with E-state index < -0.39 is 0 Å². The minimum absolute atomic E-state index is 0.0609. The lowest BCUT2D eigenvalue weighted by Gasteiger charge is -2.34. The molecule has 0 atom stereocenters. The topological polar surface area (TPSA) is 46.3 Å². The van der Waals surface area contributed by atoms with E-state index in [-0.39, 0.29) is 11.7 Å². The maximum absolute atomic E-state index is 13.1. The number of benzene rings is 2. The second-order valence-corrected chi connectivity index (χ2v) is 7.82. The summed E-state index contributed by atoms with van der Waals surface area (Å²) in [4.78, 5) is 16.6. The SMILES string of the molecule is Cc1nn(CN2CCN(C(=O)c3ccc(F)cc3)CC2)c(=S)n1Cc1ccccc1. The summed E-state index contributed by atoms with van der Waals surface area (Å²) in [5, 5.41) is 4.63. The zero-order valence-electron chi connectivity index (χ0n) is 16.9. The number of carbonyl (C=O) groups excluding carboxylic acids is 1. The van der Waals surface area contributed by atoms with Crippen molar-refractivity contribution >= 4 is 18.1 Å². The van der Waals surface area contributed by atoms with Gasteiger partial charge in [0.1, 0.15) is 11.6 Å². The van der Waals surface area contributed by atoms with Gasteiger partial charge in [-0.25, -0.2) is 9.07 Å². The van der Waals surface area contributed by atoms with Crippen LogP contribution >= 0.6 is 12.2 Å². The van der Waals surface area contributed by atoms with Gasteiger partial charge in [-0.15, -0.1) is 0 Å². The number of carbonyl (C=O) groups is 1. The summed E-state index contributed by atoms with van der Waals surface area (Å²) in [6, 6.07) is 15.9. The summed E-state index contributed by atoms with van der Waals surface area (Å²) in [5.74, 6) is 0.485. The zero-order chi connectivity index (χ0) is 21.1. The van der Waals surface area contributed by atoms with E-state index >= 15 is 0 Å². The van der Waals surface area contributed by atoms with Gasteiger partial charge < -0.3 is 4.90 Å². The molecule has 0 radical (unpaired) electrons. The maximum atomic E-state index is 13.1. The van der Waals surface area contributed by atoms with Crippen molar-refractivity contribution in [3.63, 3.8) is 0 Å². The smallest absolute Gasteiger partial charge is 0.253 e. The third kappa shape index (κ3) is 4.49. The highest BCUT2D eigenvalue weighted by Gasteiger charge is 2.23. The monoisotopic (exact) mass is 425 g/mol. The molecule has 0 spiro atoms. The zero-order valence-corrected chi connectivity index (χ0v) is 17.7. The van der Waals surface area contributed by atoms with Crippen molar-refractivity contribution in [1.82, 2.24) is 24.1 Å². The van der Waals surface area contributed by atoms with E-state index in [2.05, 4.69) is 22.1 Å². The van der Waals surface area contributed by atoms with Gasteiger partial charge in [0, 0.05) is 31.7 Å². The number of halogens is 1. The second kappa shape index (κ2) is 8.89. The molecule has 0 bridgehead atoms. The summed E-state index contributed by atoms with van der Waals surface area (Å²) in [6.45, 7) is 5.97. The highest BCUT2D eigenvalue weighted by Crippen LogP contribution is 2.12. The average Bonchev–Trinajstić information content (AvgIpc) is 3.02. The van der Waals surface area contributed by atoms with Crippen LogP contribution in [0, 0.1) is 17.5 Å². The molecule has 2 heterocycles. The van der Waals surface area contributed by atoms with Gasteiger partial charge in [0.2, 0.25) is 0 Å². The van der Waals surface area contributed by atoms with Gasteiger partial charge in [0.05, 0.1) is 13.2 Å². The number of nitrogens with zero attached hydrogens (tertiary/aromatic N) is 5. The molecule has 1 saturated heterocycles. The number of rotatable bonds is 5. The lowest BCUT2D eigenvalue weighted by molar-refractivity contribution is 0.0585. The minimum atomic E-state index is -0.338. The standard InChI is InChI=1S/C22H24FN5OS/c1-17-24-28(22(30)27(17)15-18-5-3-2-4-6-18)16-25-11-13-26(14-12-25)21(29)19-7-9-20(23)10-8-19/h2-10H,11-16H2,1H3. The van der Waals surface area contributed by atoms with Gasteiger partial charge in [0.25, 0.3) is 5.91 Å². The molecule has 1 amide bonds. The Labute approximate surface area is 180 Å². The molecule has 2 aromatic carbocycles. The Morgan fingerprint density at radius 2 is 1.70 bits per heavy atom. The summed E-state index contributed by atoms with van der Waals surface area (Å²) < 4.78 is 17.7.